The molecule has 30 heavy (non-hydrogen) atoms. The first-order valence-electron chi connectivity index (χ1n) is 9.29. The third kappa shape index (κ3) is 5.15. The van der Waals surface area contributed by atoms with E-state index in [0.29, 0.717) is 5.75 Å². The van der Waals surface area contributed by atoms with Gasteiger partial charge in [0.05, 0.1) is 23.4 Å². The van der Waals surface area contributed by atoms with Gasteiger partial charge in [-0.15, -0.1) is 0 Å². The molecule has 9 nitrogen and oxygen atoms in total. The minimum absolute atomic E-state index is 0.130. The average molecular weight is 430 g/mol. The van der Waals surface area contributed by atoms with Crippen molar-refractivity contribution in [3.05, 3.63) is 64.7 Å². The van der Waals surface area contributed by atoms with Crippen molar-refractivity contribution in [1.82, 2.24) is 0 Å². The van der Waals surface area contributed by atoms with Crippen LogP contribution in [0.25, 0.3) is 0 Å². The van der Waals surface area contributed by atoms with Crippen LogP contribution in [-0.2, 0) is 10.0 Å². The molecule has 0 aromatic heterocycles. The van der Waals surface area contributed by atoms with Crippen LogP contribution < -0.4 is 14.9 Å². The van der Waals surface area contributed by atoms with E-state index < -0.39 is 14.9 Å². The molecule has 1 unspecified atom stereocenters. The number of nitro groups is 1. The fourth-order valence-electron chi connectivity index (χ4n) is 3.03. The highest BCUT2D eigenvalue weighted by Gasteiger charge is 2.23. The van der Waals surface area contributed by atoms with Gasteiger partial charge in [-0.3, -0.25) is 20.3 Å². The molecule has 1 aliphatic carbocycles. The predicted octanol–water partition coefficient (Wildman–Crippen LogP) is 4.16. The maximum absolute atomic E-state index is 13.0. The van der Waals surface area contributed by atoms with Gasteiger partial charge in [-0.05, 0) is 43.4 Å². The van der Waals surface area contributed by atoms with Gasteiger partial charge in [-0.25, -0.2) is 8.42 Å². The lowest BCUT2D eigenvalue weighted by Gasteiger charge is -2.15. The summed E-state index contributed by atoms with van der Waals surface area (Å²) in [6.07, 6.45) is 8.72. The van der Waals surface area contributed by atoms with E-state index in [1.54, 1.807) is 24.4 Å². The normalized spacial score (nSPS) is 16.4. The number of nitrogens with one attached hydrogen (secondary N) is 2. The molecule has 0 saturated carbocycles. The number of nitrogens with zero attached hydrogens (tertiary/aromatic N) is 2. The van der Waals surface area contributed by atoms with Gasteiger partial charge in [0, 0.05) is 18.3 Å². The zero-order chi connectivity index (χ0) is 21.6. The topological polar surface area (TPSA) is 123 Å². The molecule has 10 heteroatoms. The highest BCUT2D eigenvalue weighted by molar-refractivity contribution is 7.93. The summed E-state index contributed by atoms with van der Waals surface area (Å²) in [6.45, 7) is 0. The van der Waals surface area contributed by atoms with Crippen molar-refractivity contribution in [2.75, 3.05) is 17.3 Å². The molecule has 0 aliphatic heterocycles. The van der Waals surface area contributed by atoms with Crippen LogP contribution in [0.4, 0.5) is 17.1 Å². The first-order chi connectivity index (χ1) is 14.4. The lowest BCUT2D eigenvalue weighted by Crippen LogP contribution is -2.16. The van der Waals surface area contributed by atoms with Crippen LogP contribution in [0.1, 0.15) is 19.3 Å². The minimum atomic E-state index is -4.17. The molecule has 2 aromatic carbocycles. The molecular weight excluding hydrogens is 408 g/mol. The van der Waals surface area contributed by atoms with Crippen LogP contribution in [0.2, 0.25) is 0 Å². The largest absolute Gasteiger partial charge is 0.495 e. The van der Waals surface area contributed by atoms with Gasteiger partial charge < -0.3 is 4.74 Å². The molecule has 0 fully saturated rings. The number of hydrazone groups is 1. The number of rotatable bonds is 8. The first-order valence-corrected chi connectivity index (χ1v) is 10.8. The molecule has 158 valence electrons. The summed E-state index contributed by atoms with van der Waals surface area (Å²) in [6, 6.07) is 10.0. The molecule has 0 amide bonds. The van der Waals surface area contributed by atoms with E-state index in [0.717, 1.165) is 25.3 Å². The fourth-order valence-corrected chi connectivity index (χ4v) is 4.28. The van der Waals surface area contributed by atoms with Crippen molar-refractivity contribution in [2.24, 2.45) is 11.0 Å². The number of sulfonamides is 1. The van der Waals surface area contributed by atoms with Gasteiger partial charge in [-0.1, -0.05) is 24.3 Å². The van der Waals surface area contributed by atoms with Crippen molar-refractivity contribution >= 4 is 33.3 Å². The van der Waals surface area contributed by atoms with Gasteiger partial charge in [-0.2, -0.15) is 5.10 Å². The minimum Gasteiger partial charge on any atom is -0.495 e. The summed E-state index contributed by atoms with van der Waals surface area (Å²) >= 11 is 0. The van der Waals surface area contributed by atoms with Gasteiger partial charge >= 0.3 is 0 Å². The van der Waals surface area contributed by atoms with Crippen molar-refractivity contribution in [1.29, 1.82) is 0 Å². The Morgan fingerprint density at radius 3 is 2.70 bits per heavy atom. The third-order valence-electron chi connectivity index (χ3n) is 4.60. The van der Waals surface area contributed by atoms with Crippen LogP contribution in [0, 0.1) is 16.0 Å². The lowest BCUT2D eigenvalue weighted by atomic mass is 9.96. The van der Waals surface area contributed by atoms with E-state index in [2.05, 4.69) is 27.4 Å². The number of benzene rings is 2. The van der Waals surface area contributed by atoms with Gasteiger partial charge in [0.1, 0.15) is 10.6 Å². The van der Waals surface area contributed by atoms with Crippen molar-refractivity contribution in [3.8, 4) is 5.75 Å². The lowest BCUT2D eigenvalue weighted by molar-refractivity contribution is -0.385. The van der Waals surface area contributed by atoms with Gasteiger partial charge in [0.25, 0.3) is 15.7 Å². The molecule has 0 radical (unpaired) electrons. The Bertz CT molecular complexity index is 1080. The highest BCUT2D eigenvalue weighted by atomic mass is 32.2. The highest BCUT2D eigenvalue weighted by Crippen LogP contribution is 2.31. The SMILES string of the molecule is COc1ccccc1NS(=O)(=O)c1cc([N+](=O)[O-])ccc1NN=CC1CC=CCC1. The second-order valence-electron chi connectivity index (χ2n) is 6.68. The zero-order valence-electron chi connectivity index (χ0n) is 16.3. The van der Waals surface area contributed by atoms with Crippen LogP contribution in [0.15, 0.2) is 64.6 Å². The number of para-hydroxylation sites is 2. The number of ether oxygens (including phenoxy) is 1. The van der Waals surface area contributed by atoms with Gasteiger partial charge in [0.2, 0.25) is 0 Å². The molecule has 1 aliphatic rings. The Hall–Kier alpha value is -3.40. The molecule has 0 saturated heterocycles. The summed E-state index contributed by atoms with van der Waals surface area (Å²) in [5, 5.41) is 15.3. The smallest absolute Gasteiger partial charge is 0.270 e. The van der Waals surface area contributed by atoms with Crippen molar-refractivity contribution in [2.45, 2.75) is 24.2 Å². The van der Waals surface area contributed by atoms with Crippen LogP contribution in [-0.4, -0.2) is 26.7 Å². The maximum atomic E-state index is 13.0. The number of non-ortho nitro benzene ring substituents is 1. The summed E-state index contributed by atoms with van der Waals surface area (Å²) in [5.41, 5.74) is 2.72. The number of methoxy groups -OCH3 is 1. The molecule has 2 aromatic rings. The molecular formula is C20H22N4O5S. The zero-order valence-corrected chi connectivity index (χ0v) is 17.1. The molecule has 2 N–H and O–H groups in total. The number of hydrogen-bond donors (Lipinski definition) is 2. The Balaban J connectivity index is 1.91. The molecule has 0 bridgehead atoms. The van der Waals surface area contributed by atoms with E-state index in [1.807, 2.05) is 0 Å². The van der Waals surface area contributed by atoms with E-state index in [1.165, 1.54) is 25.3 Å². The van der Waals surface area contributed by atoms with Crippen molar-refractivity contribution < 1.29 is 18.1 Å². The fraction of sp³-hybridized carbons (Fsp3) is 0.250. The second kappa shape index (κ2) is 9.40. The van der Waals surface area contributed by atoms with E-state index in [4.69, 9.17) is 4.74 Å². The Morgan fingerprint density at radius 2 is 2.00 bits per heavy atom. The van der Waals surface area contributed by atoms with E-state index in [-0.39, 0.29) is 27.9 Å². The van der Waals surface area contributed by atoms with Crippen LogP contribution >= 0.6 is 0 Å². The number of anilines is 2. The first kappa shape index (κ1) is 21.3. The second-order valence-corrected chi connectivity index (χ2v) is 8.33. The van der Waals surface area contributed by atoms with Gasteiger partial charge in [0.15, 0.2) is 0 Å². The Kier molecular flexibility index (Phi) is 6.68. The Labute approximate surface area is 174 Å². The molecule has 3 rings (SSSR count). The Morgan fingerprint density at radius 1 is 1.20 bits per heavy atom. The summed E-state index contributed by atoms with van der Waals surface area (Å²) in [4.78, 5) is 10.2. The quantitative estimate of drug-likeness (QED) is 0.281. The predicted molar refractivity (Wildman–Crippen MR) is 115 cm³/mol. The monoisotopic (exact) mass is 430 g/mol. The summed E-state index contributed by atoms with van der Waals surface area (Å²) in [5.74, 6) is 0.580. The summed E-state index contributed by atoms with van der Waals surface area (Å²) < 4.78 is 33.7. The molecule has 1 atom stereocenters. The van der Waals surface area contributed by atoms with E-state index in [9.17, 15) is 18.5 Å². The average Bonchev–Trinajstić information content (AvgIpc) is 2.74. The third-order valence-corrected chi connectivity index (χ3v) is 6.00. The number of hydrogen-bond acceptors (Lipinski definition) is 7. The number of allylic oxidation sites excluding steroid dienone is 2. The van der Waals surface area contributed by atoms with Crippen molar-refractivity contribution in [3.63, 3.8) is 0 Å². The van der Waals surface area contributed by atoms with Crippen LogP contribution in [0.5, 0.6) is 5.75 Å². The van der Waals surface area contributed by atoms with E-state index >= 15 is 0 Å². The molecule has 0 spiro atoms. The molecule has 0 heterocycles. The standard InChI is InChI=1S/C20H22N4O5S/c1-29-19-10-6-5-9-17(19)23-30(27,28)20-13-16(24(25)26)11-12-18(20)22-21-14-15-7-3-2-4-8-15/h2-3,5-6,9-15,22-23H,4,7-8H2,1H3. The number of nitro benzene ring substituents is 1. The summed E-state index contributed by atoms with van der Waals surface area (Å²) in [7, 11) is -2.75. The van der Waals surface area contributed by atoms with Crippen LogP contribution in [0.3, 0.4) is 0 Å². The maximum Gasteiger partial charge on any atom is 0.270 e.